The summed E-state index contributed by atoms with van der Waals surface area (Å²) in [5.41, 5.74) is 5.94. The number of carbonyl (C=O) groups excluding carboxylic acids is 2. The zero-order chi connectivity index (χ0) is 13.5. The number of esters is 1. The Labute approximate surface area is 109 Å². The minimum Gasteiger partial charge on any atom is -0.452 e. The number of benzene rings is 1. The van der Waals surface area contributed by atoms with E-state index in [-0.39, 0.29) is 17.8 Å². The first-order valence-corrected chi connectivity index (χ1v) is 5.34. The molecule has 0 aromatic heterocycles. The number of nitrogens with two attached hydrogens (primary N) is 1. The van der Waals surface area contributed by atoms with Crippen LogP contribution in [0, 0.1) is 12.3 Å². The van der Waals surface area contributed by atoms with Gasteiger partial charge in [0.25, 0.3) is 5.91 Å². The van der Waals surface area contributed by atoms with Gasteiger partial charge in [-0.1, -0.05) is 17.5 Å². The fourth-order valence-electron chi connectivity index (χ4n) is 1.13. The normalized spacial score (nSPS) is 9.33. The number of hydrogen-bond acceptors (Lipinski definition) is 4. The van der Waals surface area contributed by atoms with E-state index in [4.69, 9.17) is 28.5 Å². The second kappa shape index (κ2) is 6.52. The van der Waals surface area contributed by atoms with Gasteiger partial charge in [0.05, 0.1) is 12.1 Å². The summed E-state index contributed by atoms with van der Waals surface area (Å²) < 4.78 is 4.76. The molecule has 0 atom stereocenters. The van der Waals surface area contributed by atoms with Gasteiger partial charge in [-0.05, 0) is 18.2 Å². The van der Waals surface area contributed by atoms with Crippen molar-refractivity contribution in [3.63, 3.8) is 0 Å². The van der Waals surface area contributed by atoms with Crippen molar-refractivity contribution in [3.05, 3.63) is 28.8 Å². The molecule has 94 valence electrons. The summed E-state index contributed by atoms with van der Waals surface area (Å²) in [5.74, 6) is 1.05. The summed E-state index contributed by atoms with van der Waals surface area (Å²) in [4.78, 5) is 22.7. The van der Waals surface area contributed by atoms with E-state index < -0.39 is 18.5 Å². The average Bonchev–Trinajstić information content (AvgIpc) is 2.33. The Kier molecular flexibility index (Phi) is 5.03. The molecule has 0 saturated carbocycles. The van der Waals surface area contributed by atoms with Crippen LogP contribution in [0.5, 0.6) is 0 Å². The molecule has 3 N–H and O–H groups in total. The second-order valence-corrected chi connectivity index (χ2v) is 3.72. The van der Waals surface area contributed by atoms with Gasteiger partial charge in [-0.2, -0.15) is 0 Å². The largest absolute Gasteiger partial charge is 0.452 e. The van der Waals surface area contributed by atoms with Crippen molar-refractivity contribution in [2.75, 3.05) is 18.9 Å². The number of ether oxygens (including phenoxy) is 1. The maximum Gasteiger partial charge on any atom is 0.340 e. The zero-order valence-corrected chi connectivity index (χ0v) is 10.2. The van der Waals surface area contributed by atoms with Crippen LogP contribution in [0.25, 0.3) is 0 Å². The van der Waals surface area contributed by atoms with E-state index >= 15 is 0 Å². The number of carbonyl (C=O) groups is 2. The minimum absolute atomic E-state index is 0.0828. The minimum atomic E-state index is -0.694. The summed E-state index contributed by atoms with van der Waals surface area (Å²) in [6, 6.07) is 4.36. The molecular weight excluding hydrogens is 256 g/mol. The highest BCUT2D eigenvalue weighted by atomic mass is 35.5. The van der Waals surface area contributed by atoms with Crippen LogP contribution in [0.3, 0.4) is 0 Å². The predicted octanol–water partition coefficient (Wildman–Crippen LogP) is 0.828. The molecule has 1 rings (SSSR count). The first-order valence-electron chi connectivity index (χ1n) is 4.97. The van der Waals surface area contributed by atoms with Crippen LogP contribution < -0.4 is 11.1 Å². The number of rotatable bonds is 4. The lowest BCUT2D eigenvalue weighted by Crippen LogP contribution is -2.29. The van der Waals surface area contributed by atoms with Crippen LogP contribution in [0.2, 0.25) is 5.02 Å². The van der Waals surface area contributed by atoms with Crippen LogP contribution in [0.1, 0.15) is 10.4 Å². The van der Waals surface area contributed by atoms with Crippen molar-refractivity contribution in [1.82, 2.24) is 5.32 Å². The van der Waals surface area contributed by atoms with Crippen molar-refractivity contribution < 1.29 is 14.3 Å². The van der Waals surface area contributed by atoms with E-state index in [1.165, 1.54) is 18.2 Å². The molecule has 0 fully saturated rings. The van der Waals surface area contributed by atoms with Gasteiger partial charge in [-0.25, -0.2) is 4.79 Å². The molecular formula is C12H11ClN2O3. The van der Waals surface area contributed by atoms with E-state index in [1.807, 2.05) is 0 Å². The molecule has 0 aliphatic heterocycles. The smallest absolute Gasteiger partial charge is 0.340 e. The summed E-state index contributed by atoms with van der Waals surface area (Å²) in [7, 11) is 0. The lowest BCUT2D eigenvalue weighted by Gasteiger charge is -2.06. The van der Waals surface area contributed by atoms with E-state index in [0.29, 0.717) is 5.02 Å². The molecule has 0 saturated heterocycles. The maximum absolute atomic E-state index is 11.6. The summed E-state index contributed by atoms with van der Waals surface area (Å²) >= 11 is 5.69. The van der Waals surface area contributed by atoms with Crippen molar-refractivity contribution in [2.24, 2.45) is 0 Å². The molecule has 6 heteroatoms. The van der Waals surface area contributed by atoms with E-state index in [9.17, 15) is 9.59 Å². The molecule has 1 amide bonds. The molecule has 0 unspecified atom stereocenters. The Morgan fingerprint density at radius 1 is 1.50 bits per heavy atom. The van der Waals surface area contributed by atoms with Gasteiger partial charge in [-0.3, -0.25) is 4.79 Å². The molecule has 0 aliphatic rings. The first kappa shape index (κ1) is 13.9. The van der Waals surface area contributed by atoms with Crippen LogP contribution in [-0.4, -0.2) is 25.0 Å². The van der Waals surface area contributed by atoms with Gasteiger partial charge in [0, 0.05) is 10.7 Å². The van der Waals surface area contributed by atoms with Gasteiger partial charge < -0.3 is 15.8 Å². The highest BCUT2D eigenvalue weighted by molar-refractivity contribution is 6.31. The average molecular weight is 267 g/mol. The van der Waals surface area contributed by atoms with Gasteiger partial charge in [-0.15, -0.1) is 6.42 Å². The quantitative estimate of drug-likeness (QED) is 0.480. The lowest BCUT2D eigenvalue weighted by atomic mass is 10.2. The Morgan fingerprint density at radius 3 is 2.83 bits per heavy atom. The van der Waals surface area contributed by atoms with Crippen LogP contribution in [-0.2, 0) is 9.53 Å². The molecule has 18 heavy (non-hydrogen) atoms. The van der Waals surface area contributed by atoms with Crippen molar-refractivity contribution in [2.45, 2.75) is 0 Å². The number of halogens is 1. The second-order valence-electron chi connectivity index (χ2n) is 3.29. The molecule has 1 aromatic rings. The Balaban J connectivity index is 2.56. The number of terminal acetylenes is 1. The van der Waals surface area contributed by atoms with Gasteiger partial charge in [0.1, 0.15) is 0 Å². The van der Waals surface area contributed by atoms with Crippen molar-refractivity contribution in [1.29, 1.82) is 0 Å². The van der Waals surface area contributed by atoms with Gasteiger partial charge in [0.15, 0.2) is 6.61 Å². The van der Waals surface area contributed by atoms with Gasteiger partial charge in [0.2, 0.25) is 0 Å². The number of hydrogen-bond donors (Lipinski definition) is 2. The van der Waals surface area contributed by atoms with Crippen LogP contribution in [0.4, 0.5) is 5.69 Å². The van der Waals surface area contributed by atoms with Gasteiger partial charge >= 0.3 is 5.97 Å². The maximum atomic E-state index is 11.6. The van der Waals surface area contributed by atoms with Crippen LogP contribution in [0.15, 0.2) is 18.2 Å². The Morgan fingerprint density at radius 2 is 2.22 bits per heavy atom. The Bertz CT molecular complexity index is 509. The topological polar surface area (TPSA) is 81.4 Å². The number of nitrogens with one attached hydrogen (secondary N) is 1. The van der Waals surface area contributed by atoms with E-state index in [1.54, 1.807) is 0 Å². The number of nitrogen functional groups attached to an aromatic ring is 1. The molecule has 0 bridgehead atoms. The van der Waals surface area contributed by atoms with E-state index in [2.05, 4.69) is 11.2 Å². The van der Waals surface area contributed by atoms with Crippen molar-refractivity contribution in [3.8, 4) is 12.3 Å². The fraction of sp³-hybridized carbons (Fsp3) is 0.167. The number of anilines is 1. The molecule has 0 heterocycles. The van der Waals surface area contributed by atoms with Crippen LogP contribution >= 0.6 is 11.6 Å². The third-order valence-electron chi connectivity index (χ3n) is 1.96. The molecule has 0 spiro atoms. The molecule has 0 radical (unpaired) electrons. The molecule has 1 aromatic carbocycles. The standard InChI is InChI=1S/C12H11ClN2O3/c1-2-5-15-11(16)7-18-12(17)9-4-3-8(13)6-10(9)14/h1,3-4,6H,5,7,14H2,(H,15,16). The summed E-state index contributed by atoms with van der Waals surface area (Å²) in [5, 5.41) is 2.77. The monoisotopic (exact) mass is 266 g/mol. The first-order chi connectivity index (χ1) is 8.54. The highest BCUT2D eigenvalue weighted by Crippen LogP contribution is 2.18. The zero-order valence-electron chi connectivity index (χ0n) is 9.40. The molecule has 0 aliphatic carbocycles. The lowest BCUT2D eigenvalue weighted by molar-refractivity contribution is -0.123. The molecule has 5 nitrogen and oxygen atoms in total. The van der Waals surface area contributed by atoms with E-state index in [0.717, 1.165) is 0 Å². The highest BCUT2D eigenvalue weighted by Gasteiger charge is 2.13. The number of amides is 1. The SMILES string of the molecule is C#CCNC(=O)COC(=O)c1ccc(Cl)cc1N. The third kappa shape index (κ3) is 4.00. The third-order valence-corrected chi connectivity index (χ3v) is 2.19. The Hall–Kier alpha value is -2.19. The predicted molar refractivity (Wildman–Crippen MR) is 68.0 cm³/mol. The summed E-state index contributed by atoms with van der Waals surface area (Å²) in [6.45, 7) is -0.331. The summed E-state index contributed by atoms with van der Waals surface area (Å²) in [6.07, 6.45) is 4.96. The fourth-order valence-corrected chi connectivity index (χ4v) is 1.31. The van der Waals surface area contributed by atoms with Crippen molar-refractivity contribution >= 4 is 29.2 Å².